The minimum Gasteiger partial charge on any atom is -0.465 e. The number of esters is 1. The third-order valence-corrected chi connectivity index (χ3v) is 4.63. The molecule has 0 heterocycles. The van der Waals surface area contributed by atoms with Crippen molar-refractivity contribution in [3.63, 3.8) is 0 Å². The number of likely N-dealkylation sites (N-methyl/N-ethyl adjacent to an activating group) is 1. The van der Waals surface area contributed by atoms with Crippen molar-refractivity contribution in [2.45, 2.75) is 38.5 Å². The number of ether oxygens (including phenoxy) is 1. The normalized spacial score (nSPS) is 13.7. The van der Waals surface area contributed by atoms with E-state index in [1.165, 1.54) is 0 Å². The Morgan fingerprint density at radius 1 is 1.38 bits per heavy atom. The van der Waals surface area contributed by atoms with Gasteiger partial charge in [0.05, 0.1) is 6.61 Å². The van der Waals surface area contributed by atoms with Crippen molar-refractivity contribution in [3.8, 4) is 0 Å². The molecule has 0 aromatic heterocycles. The van der Waals surface area contributed by atoms with Crippen LogP contribution in [0.4, 0.5) is 0 Å². The quantitative estimate of drug-likeness (QED) is 0.551. The Kier molecular flexibility index (Phi) is 8.15. The van der Waals surface area contributed by atoms with E-state index in [2.05, 4.69) is 5.32 Å². The average molecular weight is 330 g/mol. The van der Waals surface area contributed by atoms with E-state index < -0.39 is 5.54 Å². The molecule has 0 aliphatic heterocycles. The van der Waals surface area contributed by atoms with Gasteiger partial charge in [-0.15, -0.1) is 0 Å². The first-order valence-corrected chi connectivity index (χ1v) is 8.80. The number of carbonyl (C=O) groups is 1. The Balaban J connectivity index is 2.47. The third kappa shape index (κ3) is 5.89. The standard InChI is InChI=1S/C16H24ClNO2S/c1-4-18-16(3,15(19)20-5-2)10-11-21-12-13-8-6-7-9-14(13)17/h6-9,18H,4-5,10-12H2,1-3H3. The Bertz CT molecular complexity index is 456. The lowest BCUT2D eigenvalue weighted by molar-refractivity contribution is -0.150. The summed E-state index contributed by atoms with van der Waals surface area (Å²) in [5.41, 5.74) is 0.517. The van der Waals surface area contributed by atoms with Gasteiger partial charge in [-0.25, -0.2) is 0 Å². The molecule has 0 aliphatic carbocycles. The topological polar surface area (TPSA) is 38.3 Å². The van der Waals surface area contributed by atoms with Gasteiger partial charge in [0.25, 0.3) is 0 Å². The predicted octanol–water partition coefficient (Wildman–Crippen LogP) is 3.89. The van der Waals surface area contributed by atoms with Gasteiger partial charge in [-0.05, 0) is 44.2 Å². The number of hydrogen-bond donors (Lipinski definition) is 1. The van der Waals surface area contributed by atoms with E-state index in [1.54, 1.807) is 11.8 Å². The zero-order chi connectivity index (χ0) is 15.7. The number of halogens is 1. The lowest BCUT2D eigenvalue weighted by atomic mass is 9.99. The van der Waals surface area contributed by atoms with Crippen LogP contribution >= 0.6 is 23.4 Å². The second-order valence-electron chi connectivity index (χ2n) is 4.98. The van der Waals surface area contributed by atoms with E-state index >= 15 is 0 Å². The molecule has 1 unspecified atom stereocenters. The maximum absolute atomic E-state index is 12.1. The SMILES string of the molecule is CCNC(C)(CCSCc1ccccc1Cl)C(=O)OCC. The molecular weight excluding hydrogens is 306 g/mol. The molecule has 3 nitrogen and oxygen atoms in total. The monoisotopic (exact) mass is 329 g/mol. The minimum absolute atomic E-state index is 0.176. The molecule has 1 aromatic carbocycles. The molecule has 0 aliphatic rings. The molecule has 0 fully saturated rings. The second kappa shape index (κ2) is 9.34. The summed E-state index contributed by atoms with van der Waals surface area (Å²) in [7, 11) is 0. The Morgan fingerprint density at radius 3 is 2.71 bits per heavy atom. The fourth-order valence-electron chi connectivity index (χ4n) is 2.02. The van der Waals surface area contributed by atoms with Crippen LogP contribution in [0.15, 0.2) is 24.3 Å². The van der Waals surface area contributed by atoms with Crippen LogP contribution in [0.5, 0.6) is 0 Å². The molecule has 0 bridgehead atoms. The Morgan fingerprint density at radius 2 is 2.10 bits per heavy atom. The molecule has 0 saturated carbocycles. The van der Waals surface area contributed by atoms with E-state index in [0.717, 1.165) is 35.1 Å². The largest absolute Gasteiger partial charge is 0.465 e. The highest BCUT2D eigenvalue weighted by molar-refractivity contribution is 7.98. The lowest BCUT2D eigenvalue weighted by Gasteiger charge is -2.28. The fourth-order valence-corrected chi connectivity index (χ4v) is 3.47. The first-order chi connectivity index (χ1) is 10.0. The maximum Gasteiger partial charge on any atom is 0.326 e. The predicted molar refractivity (Wildman–Crippen MR) is 90.9 cm³/mol. The van der Waals surface area contributed by atoms with Gasteiger partial charge < -0.3 is 10.1 Å². The van der Waals surface area contributed by atoms with Crippen LogP contribution in [0.2, 0.25) is 5.02 Å². The van der Waals surface area contributed by atoms with E-state index in [1.807, 2.05) is 45.0 Å². The number of thioether (sulfide) groups is 1. The molecule has 1 aromatic rings. The smallest absolute Gasteiger partial charge is 0.326 e. The van der Waals surface area contributed by atoms with Gasteiger partial charge in [0.2, 0.25) is 0 Å². The molecule has 1 N–H and O–H groups in total. The molecule has 0 radical (unpaired) electrons. The van der Waals surface area contributed by atoms with Gasteiger partial charge in [0.15, 0.2) is 0 Å². The molecule has 0 spiro atoms. The van der Waals surface area contributed by atoms with E-state index in [-0.39, 0.29) is 5.97 Å². The van der Waals surface area contributed by atoms with Gasteiger partial charge in [0.1, 0.15) is 5.54 Å². The third-order valence-electron chi connectivity index (χ3n) is 3.25. The minimum atomic E-state index is -0.613. The summed E-state index contributed by atoms with van der Waals surface area (Å²) in [4.78, 5) is 12.1. The van der Waals surface area contributed by atoms with Crippen molar-refractivity contribution >= 4 is 29.3 Å². The van der Waals surface area contributed by atoms with Crippen molar-refractivity contribution in [1.82, 2.24) is 5.32 Å². The Labute approximate surface area is 136 Å². The van der Waals surface area contributed by atoms with Gasteiger partial charge >= 0.3 is 5.97 Å². The van der Waals surface area contributed by atoms with Gasteiger partial charge in [-0.3, -0.25) is 4.79 Å². The van der Waals surface area contributed by atoms with Crippen LogP contribution in [0, 0.1) is 0 Å². The van der Waals surface area contributed by atoms with Crippen LogP contribution in [-0.4, -0.2) is 30.4 Å². The van der Waals surface area contributed by atoms with Crippen molar-refractivity contribution in [3.05, 3.63) is 34.9 Å². The molecule has 5 heteroatoms. The number of nitrogens with one attached hydrogen (secondary N) is 1. The van der Waals surface area contributed by atoms with Crippen LogP contribution in [-0.2, 0) is 15.3 Å². The summed E-state index contributed by atoms with van der Waals surface area (Å²) in [5.74, 6) is 1.54. The summed E-state index contributed by atoms with van der Waals surface area (Å²) in [6.45, 7) is 6.88. The molecule has 118 valence electrons. The highest BCUT2D eigenvalue weighted by Gasteiger charge is 2.33. The highest BCUT2D eigenvalue weighted by Crippen LogP contribution is 2.23. The summed E-state index contributed by atoms with van der Waals surface area (Å²) >= 11 is 7.91. The number of carbonyl (C=O) groups excluding carboxylic acids is 1. The molecule has 0 amide bonds. The molecule has 21 heavy (non-hydrogen) atoms. The lowest BCUT2D eigenvalue weighted by Crippen LogP contribution is -2.50. The first-order valence-electron chi connectivity index (χ1n) is 7.27. The first kappa shape index (κ1) is 18.3. The maximum atomic E-state index is 12.1. The second-order valence-corrected chi connectivity index (χ2v) is 6.49. The van der Waals surface area contributed by atoms with Crippen LogP contribution in [0.1, 0.15) is 32.8 Å². The summed E-state index contributed by atoms with van der Waals surface area (Å²) in [5, 5.41) is 4.04. The van der Waals surface area contributed by atoms with E-state index in [4.69, 9.17) is 16.3 Å². The Hall–Kier alpha value is -0.710. The summed E-state index contributed by atoms with van der Waals surface area (Å²) < 4.78 is 5.16. The van der Waals surface area contributed by atoms with Crippen LogP contribution in [0.25, 0.3) is 0 Å². The van der Waals surface area contributed by atoms with Crippen molar-refractivity contribution < 1.29 is 9.53 Å². The van der Waals surface area contributed by atoms with E-state index in [9.17, 15) is 4.79 Å². The molecular formula is C16H24ClNO2S. The number of hydrogen-bond acceptors (Lipinski definition) is 4. The van der Waals surface area contributed by atoms with Gasteiger partial charge in [-0.1, -0.05) is 36.7 Å². The average Bonchev–Trinajstić information content (AvgIpc) is 2.46. The van der Waals surface area contributed by atoms with Crippen molar-refractivity contribution in [1.29, 1.82) is 0 Å². The molecule has 0 saturated heterocycles. The van der Waals surface area contributed by atoms with Crippen LogP contribution < -0.4 is 5.32 Å². The number of benzene rings is 1. The summed E-state index contributed by atoms with van der Waals surface area (Å²) in [6, 6.07) is 7.85. The van der Waals surface area contributed by atoms with Crippen LogP contribution in [0.3, 0.4) is 0 Å². The molecule has 1 atom stereocenters. The number of rotatable bonds is 9. The zero-order valence-electron chi connectivity index (χ0n) is 12.9. The zero-order valence-corrected chi connectivity index (χ0v) is 14.5. The van der Waals surface area contributed by atoms with Gasteiger partial charge in [0, 0.05) is 10.8 Å². The van der Waals surface area contributed by atoms with Crippen molar-refractivity contribution in [2.75, 3.05) is 18.9 Å². The fraction of sp³-hybridized carbons (Fsp3) is 0.562. The van der Waals surface area contributed by atoms with Gasteiger partial charge in [-0.2, -0.15) is 11.8 Å². The summed E-state index contributed by atoms with van der Waals surface area (Å²) in [6.07, 6.45) is 0.731. The van der Waals surface area contributed by atoms with Crippen molar-refractivity contribution in [2.24, 2.45) is 0 Å². The molecule has 1 rings (SSSR count). The van der Waals surface area contributed by atoms with E-state index in [0.29, 0.717) is 6.61 Å². The highest BCUT2D eigenvalue weighted by atomic mass is 35.5.